The van der Waals surface area contributed by atoms with Crippen molar-refractivity contribution in [2.24, 2.45) is 11.5 Å². The van der Waals surface area contributed by atoms with Gasteiger partial charge in [-0.15, -0.1) is 0 Å². The zero-order valence-corrected chi connectivity index (χ0v) is 44.1. The number of carbonyl (C=O) groups excluding carboxylic acids is 4. The van der Waals surface area contributed by atoms with E-state index in [0.717, 1.165) is 12.5 Å². The van der Waals surface area contributed by atoms with Crippen LogP contribution in [0.3, 0.4) is 0 Å². The van der Waals surface area contributed by atoms with Crippen LogP contribution in [-0.2, 0) is 29.0 Å². The second-order valence-electron chi connectivity index (χ2n) is 12.1. The van der Waals surface area contributed by atoms with E-state index in [-0.39, 0.29) is 142 Å². The average Bonchev–Trinajstić information content (AvgIpc) is 2.88. The fourth-order valence-corrected chi connectivity index (χ4v) is 3.22. The van der Waals surface area contributed by atoms with E-state index in [4.69, 9.17) is 0 Å². The monoisotopic (exact) mass is 986 g/mol. The molecule has 0 aromatic rings. The Hall–Kier alpha value is 1.24. The molecular weight excluding hydrogens is 903 g/mol. The molecule has 0 aliphatic rings. The molecule has 0 bridgehead atoms. The smallest absolute Gasteiger partial charge is 1.00 e. The summed E-state index contributed by atoms with van der Waals surface area (Å²) in [5.74, 6) is -0.0184. The van der Waals surface area contributed by atoms with E-state index in [2.05, 4.69) is 11.5 Å². The van der Waals surface area contributed by atoms with Crippen LogP contribution in [0.15, 0.2) is 0 Å². The molecule has 0 aliphatic carbocycles. The van der Waals surface area contributed by atoms with Gasteiger partial charge in [-0.05, 0) is 82.0 Å². The molecular formula is C32H82Ba2N6O6S2. The van der Waals surface area contributed by atoms with Crippen molar-refractivity contribution in [2.45, 2.75) is 120 Å². The molecule has 0 spiro atoms. The Bertz CT molecular complexity index is 857. The van der Waals surface area contributed by atoms with Crippen molar-refractivity contribution < 1.29 is 33.3 Å². The van der Waals surface area contributed by atoms with Gasteiger partial charge in [0.25, 0.3) is 0 Å². The van der Waals surface area contributed by atoms with E-state index in [1.165, 1.54) is 41.8 Å². The molecule has 12 nitrogen and oxygen atoms in total. The number of thioether (sulfide) groups is 1. The van der Waals surface area contributed by atoms with E-state index < -0.39 is 32.0 Å². The summed E-state index contributed by atoms with van der Waals surface area (Å²) < 4.78 is 19.3. The number of carbonyl (C=O) groups is 4. The van der Waals surface area contributed by atoms with Crippen molar-refractivity contribution in [2.75, 3.05) is 67.3 Å². The molecule has 0 saturated carbocycles. The van der Waals surface area contributed by atoms with Gasteiger partial charge in [-0.25, -0.2) is 8.42 Å². The first-order chi connectivity index (χ1) is 19.3. The number of hydrogen-bond donors (Lipinski definition) is 2. The minimum Gasteiger partial charge on any atom is -1.00 e. The SMILES string of the molecule is C.C.CC(=O)N(C)C(C)(C)C(C)(C)N(C)C(C)=O.CC(=O)N(C)C(C)(C)C(C)(C)N(C)C(C)=O.CN.CN.CS(C)(=O)=O.CSC.[Ba+2].[Ba+2].[H-].[H-].[H-].[H-]. The maximum absolute atomic E-state index is 11.5. The van der Waals surface area contributed by atoms with Crippen LogP contribution in [0.4, 0.5) is 0 Å². The predicted octanol–water partition coefficient (Wildman–Crippen LogP) is 3.75. The Morgan fingerprint density at radius 1 is 0.500 bits per heavy atom. The molecule has 0 radical (unpaired) electrons. The number of nitrogens with two attached hydrogens (primary N) is 2. The van der Waals surface area contributed by atoms with Crippen LogP contribution in [0.2, 0.25) is 0 Å². The first-order valence-electron chi connectivity index (χ1n) is 14.0. The van der Waals surface area contributed by atoms with E-state index in [1.807, 2.05) is 67.9 Å². The molecule has 0 aromatic carbocycles. The van der Waals surface area contributed by atoms with Gasteiger partial charge in [0.1, 0.15) is 9.84 Å². The Morgan fingerprint density at radius 2 is 0.562 bits per heavy atom. The molecule has 0 fully saturated rings. The summed E-state index contributed by atoms with van der Waals surface area (Å²) in [6, 6.07) is 0. The van der Waals surface area contributed by atoms with Crippen LogP contribution < -0.4 is 11.5 Å². The first kappa shape index (κ1) is 74.4. The second-order valence-corrected chi connectivity index (χ2v) is 15.2. The topological polar surface area (TPSA) is 167 Å². The van der Waals surface area contributed by atoms with Crippen LogP contribution in [0.25, 0.3) is 0 Å². The third kappa shape index (κ3) is 28.8. The molecule has 0 rings (SSSR count). The molecule has 0 heterocycles. The normalized spacial score (nSPS) is 10.0. The van der Waals surface area contributed by atoms with E-state index in [1.54, 1.807) is 59.6 Å². The van der Waals surface area contributed by atoms with Crippen LogP contribution in [0.1, 0.15) is 104 Å². The molecule has 0 atom stereocenters. The van der Waals surface area contributed by atoms with Gasteiger partial charge in [-0.2, -0.15) is 11.8 Å². The Morgan fingerprint density at radius 3 is 0.604 bits per heavy atom. The Kier molecular flexibility index (Phi) is 52.8. The van der Waals surface area contributed by atoms with E-state index in [9.17, 15) is 27.6 Å². The second kappa shape index (κ2) is 34.0. The minimum atomic E-state index is -2.67. The van der Waals surface area contributed by atoms with Crippen molar-refractivity contribution in [1.82, 2.24) is 19.6 Å². The third-order valence-electron chi connectivity index (χ3n) is 8.24. The zero-order chi connectivity index (χ0) is 37.8. The summed E-state index contributed by atoms with van der Waals surface area (Å²) in [6.07, 6.45) is 6.40. The van der Waals surface area contributed by atoms with Gasteiger partial charge in [-0.3, -0.25) is 19.2 Å². The van der Waals surface area contributed by atoms with Gasteiger partial charge in [0.2, 0.25) is 23.6 Å². The number of rotatable bonds is 6. The maximum Gasteiger partial charge on any atom is 2.00 e. The summed E-state index contributed by atoms with van der Waals surface area (Å²) in [5, 5.41) is 0. The molecule has 48 heavy (non-hydrogen) atoms. The van der Waals surface area contributed by atoms with Crippen molar-refractivity contribution >= 4 is 143 Å². The molecule has 292 valence electrons. The molecule has 16 heteroatoms. The van der Waals surface area contributed by atoms with E-state index >= 15 is 0 Å². The molecule has 4 N–H and O–H groups in total. The summed E-state index contributed by atoms with van der Waals surface area (Å²) >= 11 is 1.75. The van der Waals surface area contributed by atoms with Crippen molar-refractivity contribution in [1.29, 1.82) is 0 Å². The third-order valence-corrected chi connectivity index (χ3v) is 8.24. The quantitative estimate of drug-likeness (QED) is 0.377. The zero-order valence-electron chi connectivity index (χ0n) is 37.6. The van der Waals surface area contributed by atoms with Gasteiger partial charge >= 0.3 is 97.8 Å². The van der Waals surface area contributed by atoms with Gasteiger partial charge in [-0.1, -0.05) is 14.9 Å². The number of sulfone groups is 1. The minimum absolute atomic E-state index is 0. The number of nitrogens with zero attached hydrogens (tertiary/aromatic N) is 4. The maximum atomic E-state index is 11.5. The molecule has 4 amide bonds. The van der Waals surface area contributed by atoms with Gasteiger partial charge in [0.15, 0.2) is 0 Å². The summed E-state index contributed by atoms with van der Waals surface area (Å²) in [5.41, 5.74) is 7.27. The predicted molar refractivity (Wildman–Crippen MR) is 220 cm³/mol. The number of hydrogen-bond acceptors (Lipinski definition) is 9. The van der Waals surface area contributed by atoms with Gasteiger partial charge in [0, 0.05) is 68.4 Å². The molecule has 0 saturated heterocycles. The van der Waals surface area contributed by atoms with Crippen LogP contribution in [0.5, 0.6) is 0 Å². The standard InChI is InChI=1S/2C12H24N2O2.C2H6O2S.C2H6S.2CH5N.2CH4.2Ba.4H/c2*1-9(15)13(7)11(3,4)12(5,6)14(8)10(2)16;1-5(2,3)4;1-3-2;2*1-2;;;;;;;;/h2*1-8H3;1-2H3;1-2H3;2*2H2,1H3;2*1H4;;;;;;/q;;;;;;;;2*+2;4*-1. The van der Waals surface area contributed by atoms with Crippen molar-refractivity contribution in [3.63, 3.8) is 0 Å². The largest absolute Gasteiger partial charge is 2.00 e. The molecule has 0 aromatic heterocycles. The van der Waals surface area contributed by atoms with Crippen LogP contribution in [-0.4, -0.2) is 239 Å². The molecule has 0 aliphatic heterocycles. The van der Waals surface area contributed by atoms with Crippen LogP contribution in [0, 0.1) is 0 Å². The fraction of sp³-hybridized carbons (Fsp3) is 0.875. The summed E-state index contributed by atoms with van der Waals surface area (Å²) in [6.45, 7) is 21.9. The van der Waals surface area contributed by atoms with E-state index in [0.29, 0.717) is 0 Å². The van der Waals surface area contributed by atoms with Crippen molar-refractivity contribution in [3.05, 3.63) is 0 Å². The summed E-state index contributed by atoms with van der Waals surface area (Å²) in [4.78, 5) is 52.5. The fourth-order valence-electron chi connectivity index (χ4n) is 3.22. The molecule has 0 unspecified atom stereocenters. The average molecular weight is 986 g/mol. The van der Waals surface area contributed by atoms with Gasteiger partial charge < -0.3 is 36.8 Å². The van der Waals surface area contributed by atoms with Crippen LogP contribution >= 0.6 is 11.8 Å². The number of amides is 4. The summed E-state index contributed by atoms with van der Waals surface area (Å²) in [7, 11) is 7.38. The first-order valence-corrected chi connectivity index (χ1v) is 17.9. The van der Waals surface area contributed by atoms with Gasteiger partial charge in [0.05, 0.1) is 22.2 Å². The number of likely N-dealkylation sites (N-methyl/N-ethyl adjacent to an activating group) is 4. The van der Waals surface area contributed by atoms with Crippen molar-refractivity contribution in [3.8, 4) is 0 Å². The Balaban J connectivity index is -0.0000000316. The Labute approximate surface area is 389 Å².